The summed E-state index contributed by atoms with van der Waals surface area (Å²) in [6.07, 6.45) is 2.16. The number of nitrogens with zero attached hydrogens (tertiary/aromatic N) is 1. The van der Waals surface area contributed by atoms with E-state index in [1.54, 1.807) is 6.92 Å². The molecule has 108 valence electrons. The molecule has 20 heavy (non-hydrogen) atoms. The SMILES string of the molecule is CC(=O)N(CC(C=C(C)C)=C(C)C)Cc1ccccc1. The van der Waals surface area contributed by atoms with Gasteiger partial charge >= 0.3 is 0 Å². The molecule has 0 N–H and O–H groups in total. The predicted molar refractivity (Wildman–Crippen MR) is 85.3 cm³/mol. The first-order valence-corrected chi connectivity index (χ1v) is 7.01. The van der Waals surface area contributed by atoms with Gasteiger partial charge in [0.05, 0.1) is 0 Å². The molecule has 2 nitrogen and oxygen atoms in total. The van der Waals surface area contributed by atoms with Crippen LogP contribution < -0.4 is 0 Å². The van der Waals surface area contributed by atoms with E-state index >= 15 is 0 Å². The first-order chi connectivity index (χ1) is 9.40. The number of benzene rings is 1. The highest BCUT2D eigenvalue weighted by Gasteiger charge is 2.11. The molecule has 0 spiro atoms. The molecular weight excluding hydrogens is 246 g/mol. The molecule has 0 radical (unpaired) electrons. The zero-order valence-corrected chi connectivity index (χ0v) is 13.2. The van der Waals surface area contributed by atoms with E-state index < -0.39 is 0 Å². The van der Waals surface area contributed by atoms with E-state index in [-0.39, 0.29) is 5.91 Å². The Morgan fingerprint density at radius 3 is 2.10 bits per heavy atom. The first-order valence-electron chi connectivity index (χ1n) is 7.01. The van der Waals surface area contributed by atoms with Gasteiger partial charge < -0.3 is 4.90 Å². The Bertz CT molecular complexity index is 503. The number of carbonyl (C=O) groups excluding carboxylic acids is 1. The van der Waals surface area contributed by atoms with Crippen molar-refractivity contribution in [1.82, 2.24) is 4.90 Å². The molecule has 1 aromatic carbocycles. The first kappa shape index (κ1) is 16.2. The van der Waals surface area contributed by atoms with Crippen LogP contribution >= 0.6 is 0 Å². The average Bonchev–Trinajstić information content (AvgIpc) is 2.37. The van der Waals surface area contributed by atoms with Crippen molar-refractivity contribution < 1.29 is 4.79 Å². The molecular formula is C18H25NO. The molecule has 0 aliphatic carbocycles. The van der Waals surface area contributed by atoms with Crippen molar-refractivity contribution in [2.24, 2.45) is 0 Å². The molecule has 0 unspecified atom stereocenters. The molecule has 1 amide bonds. The number of carbonyl (C=O) groups is 1. The molecule has 0 atom stereocenters. The zero-order chi connectivity index (χ0) is 15.1. The quantitative estimate of drug-likeness (QED) is 0.730. The zero-order valence-electron chi connectivity index (χ0n) is 13.2. The minimum atomic E-state index is 0.106. The van der Waals surface area contributed by atoms with E-state index in [4.69, 9.17) is 0 Å². The normalized spacial score (nSPS) is 9.85. The van der Waals surface area contributed by atoms with Crippen molar-refractivity contribution in [3.8, 4) is 0 Å². The lowest BCUT2D eigenvalue weighted by molar-refractivity contribution is -0.129. The second-order valence-electron chi connectivity index (χ2n) is 5.61. The number of rotatable bonds is 5. The summed E-state index contributed by atoms with van der Waals surface area (Å²) < 4.78 is 0. The van der Waals surface area contributed by atoms with Gasteiger partial charge in [-0.1, -0.05) is 47.6 Å². The third-order valence-corrected chi connectivity index (χ3v) is 3.13. The van der Waals surface area contributed by atoms with Crippen molar-refractivity contribution in [1.29, 1.82) is 0 Å². The molecule has 0 aliphatic heterocycles. The topological polar surface area (TPSA) is 20.3 Å². The molecule has 0 heterocycles. The van der Waals surface area contributed by atoms with Crippen LogP contribution in [0.1, 0.15) is 40.2 Å². The van der Waals surface area contributed by atoms with Crippen LogP contribution in [0.5, 0.6) is 0 Å². The lowest BCUT2D eigenvalue weighted by Crippen LogP contribution is -2.30. The maximum Gasteiger partial charge on any atom is 0.220 e. The fourth-order valence-electron chi connectivity index (χ4n) is 1.98. The molecule has 0 saturated heterocycles. The number of hydrogen-bond donors (Lipinski definition) is 0. The molecule has 1 rings (SSSR count). The summed E-state index contributed by atoms with van der Waals surface area (Å²) in [5, 5.41) is 0. The summed E-state index contributed by atoms with van der Waals surface area (Å²) in [6, 6.07) is 10.1. The fourth-order valence-corrected chi connectivity index (χ4v) is 1.98. The van der Waals surface area contributed by atoms with Crippen molar-refractivity contribution in [3.05, 3.63) is 58.7 Å². The molecule has 0 bridgehead atoms. The van der Waals surface area contributed by atoms with Gasteiger partial charge in [-0.25, -0.2) is 0 Å². The van der Waals surface area contributed by atoms with E-state index in [1.165, 1.54) is 16.7 Å². The smallest absolute Gasteiger partial charge is 0.220 e. The summed E-state index contributed by atoms with van der Waals surface area (Å²) in [4.78, 5) is 13.8. The van der Waals surface area contributed by atoms with Crippen LogP contribution in [0.2, 0.25) is 0 Å². The minimum Gasteiger partial charge on any atom is -0.334 e. The summed E-state index contributed by atoms with van der Waals surface area (Å²) in [5.41, 5.74) is 4.89. The van der Waals surface area contributed by atoms with Gasteiger partial charge in [0.15, 0.2) is 0 Å². The Hall–Kier alpha value is -1.83. The Morgan fingerprint density at radius 1 is 1.05 bits per heavy atom. The van der Waals surface area contributed by atoms with Crippen LogP contribution in [0.25, 0.3) is 0 Å². The molecule has 0 aliphatic rings. The third kappa shape index (κ3) is 5.43. The van der Waals surface area contributed by atoms with E-state index in [0.29, 0.717) is 13.1 Å². The lowest BCUT2D eigenvalue weighted by Gasteiger charge is -2.23. The Balaban J connectivity index is 2.90. The average molecular weight is 271 g/mol. The van der Waals surface area contributed by atoms with Crippen molar-refractivity contribution in [2.75, 3.05) is 6.54 Å². The van der Waals surface area contributed by atoms with Gasteiger partial charge in [0.25, 0.3) is 0 Å². The summed E-state index contributed by atoms with van der Waals surface area (Å²) in [6.45, 7) is 11.3. The Labute approximate surface area is 122 Å². The highest BCUT2D eigenvalue weighted by molar-refractivity contribution is 5.73. The summed E-state index contributed by atoms with van der Waals surface area (Å²) in [7, 11) is 0. The van der Waals surface area contributed by atoms with E-state index in [0.717, 1.165) is 5.56 Å². The van der Waals surface area contributed by atoms with Gasteiger partial charge in [0.1, 0.15) is 0 Å². The van der Waals surface area contributed by atoms with Gasteiger partial charge in [-0.3, -0.25) is 4.79 Å². The van der Waals surface area contributed by atoms with E-state index in [1.807, 2.05) is 23.1 Å². The van der Waals surface area contributed by atoms with Crippen LogP contribution in [0.4, 0.5) is 0 Å². The lowest BCUT2D eigenvalue weighted by atomic mass is 10.1. The van der Waals surface area contributed by atoms with Crippen molar-refractivity contribution in [3.63, 3.8) is 0 Å². The van der Waals surface area contributed by atoms with E-state index in [2.05, 4.69) is 45.9 Å². The molecule has 2 heteroatoms. The predicted octanol–water partition coefficient (Wildman–Crippen LogP) is 4.34. The van der Waals surface area contributed by atoms with Crippen LogP contribution in [0, 0.1) is 0 Å². The standard InChI is InChI=1S/C18H25NO/c1-14(2)11-18(15(3)4)13-19(16(5)20)12-17-9-7-6-8-10-17/h6-11H,12-13H2,1-5H3. The third-order valence-electron chi connectivity index (χ3n) is 3.13. The highest BCUT2D eigenvalue weighted by Crippen LogP contribution is 2.13. The van der Waals surface area contributed by atoms with E-state index in [9.17, 15) is 4.79 Å². The minimum absolute atomic E-state index is 0.106. The van der Waals surface area contributed by atoms with Crippen molar-refractivity contribution in [2.45, 2.75) is 41.2 Å². The van der Waals surface area contributed by atoms with Gasteiger partial charge in [0, 0.05) is 20.0 Å². The molecule has 0 saturated carbocycles. The van der Waals surface area contributed by atoms with Crippen molar-refractivity contribution >= 4 is 5.91 Å². The molecule has 0 fully saturated rings. The number of hydrogen-bond acceptors (Lipinski definition) is 1. The molecule has 0 aromatic heterocycles. The Kier molecular flexibility index (Phi) is 6.23. The summed E-state index contributed by atoms with van der Waals surface area (Å²) >= 11 is 0. The molecule has 1 aromatic rings. The highest BCUT2D eigenvalue weighted by atomic mass is 16.2. The van der Waals surface area contributed by atoms with Crippen LogP contribution in [0.3, 0.4) is 0 Å². The second-order valence-corrected chi connectivity index (χ2v) is 5.61. The number of amides is 1. The Morgan fingerprint density at radius 2 is 1.65 bits per heavy atom. The van der Waals surface area contributed by atoms with Gasteiger partial charge in [-0.2, -0.15) is 0 Å². The van der Waals surface area contributed by atoms with Crippen LogP contribution in [-0.2, 0) is 11.3 Å². The monoisotopic (exact) mass is 271 g/mol. The summed E-state index contributed by atoms with van der Waals surface area (Å²) in [5.74, 6) is 0.106. The maximum atomic E-state index is 11.9. The maximum absolute atomic E-state index is 11.9. The van der Waals surface area contributed by atoms with Gasteiger partial charge in [-0.15, -0.1) is 0 Å². The largest absolute Gasteiger partial charge is 0.334 e. The van der Waals surface area contributed by atoms with Gasteiger partial charge in [0.2, 0.25) is 5.91 Å². The van der Waals surface area contributed by atoms with Crippen LogP contribution in [-0.4, -0.2) is 17.4 Å². The second kappa shape index (κ2) is 7.68. The number of allylic oxidation sites excluding steroid dienone is 2. The fraction of sp³-hybridized carbons (Fsp3) is 0.389. The van der Waals surface area contributed by atoms with Crippen LogP contribution in [0.15, 0.2) is 53.1 Å². The van der Waals surface area contributed by atoms with Gasteiger partial charge in [-0.05, 0) is 38.8 Å².